The van der Waals surface area contributed by atoms with Gasteiger partial charge in [0.05, 0.1) is 0 Å². The minimum Gasteiger partial charge on any atom is -0.375 e. The van der Waals surface area contributed by atoms with Gasteiger partial charge in [-0.05, 0) is 0 Å². The second-order valence-corrected chi connectivity index (χ2v) is 3.00. The van der Waals surface area contributed by atoms with Gasteiger partial charge in [0.2, 0.25) is 5.95 Å². The smallest absolute Gasteiger partial charge is 0.239 e. The van der Waals surface area contributed by atoms with Crippen molar-refractivity contribution in [2.75, 3.05) is 11.5 Å². The molecule has 0 aliphatic heterocycles. The van der Waals surface area contributed by atoms with Crippen molar-refractivity contribution < 1.29 is 0 Å². The number of hydrogen-bond acceptors (Lipinski definition) is 6. The van der Waals surface area contributed by atoms with Crippen LogP contribution in [0.4, 0.5) is 11.1 Å². The lowest BCUT2D eigenvalue weighted by atomic mass is 10.5. The molecule has 0 saturated carbocycles. The summed E-state index contributed by atoms with van der Waals surface area (Å²) in [6.45, 7) is 0. The average Bonchev–Trinajstić information content (AvgIpc) is 2.58. The quantitative estimate of drug-likeness (QED) is 0.579. The van der Waals surface area contributed by atoms with Crippen LogP contribution >= 0.6 is 11.3 Å². The number of anilines is 2. The lowest BCUT2D eigenvalue weighted by Gasteiger charge is -1.83. The molecule has 2 heterocycles. The molecule has 0 radical (unpaired) electrons. The van der Waals surface area contributed by atoms with E-state index in [2.05, 4.69) is 20.2 Å². The highest BCUT2D eigenvalue weighted by atomic mass is 32.1. The Morgan fingerprint density at radius 2 is 2.17 bits per heavy atom. The molecular weight excluding hydrogens is 176 g/mol. The van der Waals surface area contributed by atoms with Crippen LogP contribution in [0, 0.1) is 0 Å². The third-order valence-electron chi connectivity index (χ3n) is 1.27. The second kappa shape index (κ2) is 2.45. The van der Waals surface area contributed by atoms with Crippen molar-refractivity contribution in [2.24, 2.45) is 0 Å². The zero-order chi connectivity index (χ0) is 8.55. The number of nitrogen functional groups attached to an aromatic ring is 2. The molecule has 6 nitrogen and oxygen atoms in total. The molecule has 0 amide bonds. The highest BCUT2D eigenvalue weighted by Crippen LogP contribution is 2.19. The fourth-order valence-corrected chi connectivity index (χ4v) is 1.33. The normalized spacial score (nSPS) is 10.3. The molecule has 5 N–H and O–H groups in total. The second-order valence-electron chi connectivity index (χ2n) is 2.11. The number of aromatic amines is 1. The Balaban J connectivity index is 2.43. The summed E-state index contributed by atoms with van der Waals surface area (Å²) >= 11 is 1.35. The standard InChI is InChI=1S/C5H6N6S/c6-4-9-3(10-11-4)2-1-12-5(7)8-2/h1H,(H2,7,8)(H3,6,9,10,11). The largest absolute Gasteiger partial charge is 0.375 e. The topological polar surface area (TPSA) is 106 Å². The molecule has 0 aromatic carbocycles. The van der Waals surface area contributed by atoms with E-state index < -0.39 is 0 Å². The fraction of sp³-hybridized carbons (Fsp3) is 0. The van der Waals surface area contributed by atoms with E-state index in [1.54, 1.807) is 5.38 Å². The Morgan fingerprint density at radius 3 is 2.67 bits per heavy atom. The number of rotatable bonds is 1. The van der Waals surface area contributed by atoms with Crippen molar-refractivity contribution in [3.63, 3.8) is 0 Å². The molecule has 7 heteroatoms. The molecule has 0 saturated heterocycles. The molecule has 0 aliphatic carbocycles. The molecule has 0 fully saturated rings. The van der Waals surface area contributed by atoms with Gasteiger partial charge in [-0.25, -0.2) is 4.98 Å². The number of nitrogens with two attached hydrogens (primary N) is 2. The highest BCUT2D eigenvalue weighted by Gasteiger charge is 2.06. The molecule has 0 atom stereocenters. The van der Waals surface area contributed by atoms with E-state index in [-0.39, 0.29) is 5.95 Å². The molecule has 2 aromatic rings. The lowest BCUT2D eigenvalue weighted by Crippen LogP contribution is -1.86. The van der Waals surface area contributed by atoms with Gasteiger partial charge in [0, 0.05) is 5.38 Å². The highest BCUT2D eigenvalue weighted by molar-refractivity contribution is 7.13. The van der Waals surface area contributed by atoms with Crippen molar-refractivity contribution in [1.82, 2.24) is 20.2 Å². The van der Waals surface area contributed by atoms with Crippen molar-refractivity contribution in [2.45, 2.75) is 0 Å². The number of nitrogens with zero attached hydrogens (tertiary/aromatic N) is 3. The summed E-state index contributed by atoms with van der Waals surface area (Å²) in [7, 11) is 0. The summed E-state index contributed by atoms with van der Waals surface area (Å²) in [4.78, 5) is 7.90. The Kier molecular flexibility index (Phi) is 1.44. The summed E-state index contributed by atoms with van der Waals surface area (Å²) in [6.07, 6.45) is 0. The van der Waals surface area contributed by atoms with Gasteiger partial charge in [0.15, 0.2) is 11.0 Å². The van der Waals surface area contributed by atoms with Gasteiger partial charge in [-0.1, -0.05) is 0 Å². The number of aromatic nitrogens is 4. The van der Waals surface area contributed by atoms with Gasteiger partial charge in [-0.2, -0.15) is 4.98 Å². The van der Waals surface area contributed by atoms with Crippen LogP contribution in [-0.4, -0.2) is 20.2 Å². The van der Waals surface area contributed by atoms with Gasteiger partial charge in [0.1, 0.15) is 5.69 Å². The zero-order valence-corrected chi connectivity index (χ0v) is 6.80. The molecule has 0 bridgehead atoms. The van der Waals surface area contributed by atoms with Crippen molar-refractivity contribution in [1.29, 1.82) is 0 Å². The minimum atomic E-state index is 0.205. The molecule has 0 spiro atoms. The van der Waals surface area contributed by atoms with Gasteiger partial charge >= 0.3 is 0 Å². The van der Waals surface area contributed by atoms with Gasteiger partial charge in [0.25, 0.3) is 0 Å². The first-order valence-electron chi connectivity index (χ1n) is 3.15. The van der Waals surface area contributed by atoms with Crippen molar-refractivity contribution in [3.05, 3.63) is 5.38 Å². The minimum absolute atomic E-state index is 0.205. The van der Waals surface area contributed by atoms with Crippen molar-refractivity contribution >= 4 is 22.4 Å². The van der Waals surface area contributed by atoms with Crippen molar-refractivity contribution in [3.8, 4) is 11.5 Å². The number of thiazole rings is 1. The van der Waals surface area contributed by atoms with Crippen LogP contribution in [0.15, 0.2) is 5.38 Å². The summed E-state index contributed by atoms with van der Waals surface area (Å²) in [5.41, 5.74) is 11.4. The molecule has 2 aromatic heterocycles. The summed E-state index contributed by atoms with van der Waals surface area (Å²) in [6, 6.07) is 0. The predicted molar refractivity (Wildman–Crippen MR) is 46.3 cm³/mol. The number of H-pyrrole nitrogens is 1. The molecule has 0 aliphatic rings. The molecular formula is C5H6N6S. The Bertz CT molecular complexity index is 352. The summed E-state index contributed by atoms with van der Waals surface area (Å²) in [5, 5.41) is 8.59. The van der Waals surface area contributed by atoms with Gasteiger partial charge < -0.3 is 11.5 Å². The first-order chi connectivity index (χ1) is 5.75. The van der Waals surface area contributed by atoms with E-state index in [0.29, 0.717) is 16.6 Å². The van der Waals surface area contributed by atoms with E-state index in [0.717, 1.165) is 0 Å². The SMILES string of the molecule is Nc1n[nH]c(-c2csc(N)n2)n1. The summed E-state index contributed by atoms with van der Waals surface area (Å²) < 4.78 is 0. The predicted octanol–water partition coefficient (Wildman–Crippen LogP) is 0.0926. The van der Waals surface area contributed by atoms with Crippen LogP contribution < -0.4 is 11.5 Å². The van der Waals surface area contributed by atoms with E-state index in [1.165, 1.54) is 11.3 Å². The Morgan fingerprint density at radius 1 is 1.33 bits per heavy atom. The van der Waals surface area contributed by atoms with E-state index in [1.807, 2.05) is 0 Å². The summed E-state index contributed by atoms with van der Waals surface area (Å²) in [5.74, 6) is 0.747. The van der Waals surface area contributed by atoms with Crippen LogP contribution in [0.5, 0.6) is 0 Å². The zero-order valence-electron chi connectivity index (χ0n) is 5.98. The van der Waals surface area contributed by atoms with Gasteiger partial charge in [-0.3, -0.25) is 5.10 Å². The third kappa shape index (κ3) is 1.10. The third-order valence-corrected chi connectivity index (χ3v) is 1.94. The maximum atomic E-state index is 5.44. The first kappa shape index (κ1) is 7.04. The Hall–Kier alpha value is -1.63. The lowest BCUT2D eigenvalue weighted by molar-refractivity contribution is 1.10. The fourth-order valence-electron chi connectivity index (χ4n) is 0.786. The van der Waals surface area contributed by atoms with E-state index in [4.69, 9.17) is 11.5 Å². The monoisotopic (exact) mass is 182 g/mol. The van der Waals surface area contributed by atoms with Crippen LogP contribution in [0.25, 0.3) is 11.5 Å². The maximum absolute atomic E-state index is 5.44. The number of nitrogens with one attached hydrogen (secondary N) is 1. The van der Waals surface area contributed by atoms with Crippen LogP contribution in [0.2, 0.25) is 0 Å². The average molecular weight is 182 g/mol. The van der Waals surface area contributed by atoms with Crippen LogP contribution in [-0.2, 0) is 0 Å². The maximum Gasteiger partial charge on any atom is 0.239 e. The first-order valence-corrected chi connectivity index (χ1v) is 4.03. The molecule has 12 heavy (non-hydrogen) atoms. The Labute approximate surface area is 71.6 Å². The molecule has 2 rings (SSSR count). The van der Waals surface area contributed by atoms with Crippen LogP contribution in [0.1, 0.15) is 0 Å². The molecule has 0 unspecified atom stereocenters. The van der Waals surface area contributed by atoms with E-state index >= 15 is 0 Å². The van der Waals surface area contributed by atoms with E-state index in [9.17, 15) is 0 Å². The molecule has 62 valence electrons. The number of hydrogen-bond donors (Lipinski definition) is 3. The van der Waals surface area contributed by atoms with Crippen LogP contribution in [0.3, 0.4) is 0 Å². The van der Waals surface area contributed by atoms with Gasteiger partial charge in [-0.15, -0.1) is 16.4 Å².